The number of hydrogen-bond acceptors (Lipinski definition) is 4. The van der Waals surface area contributed by atoms with Crippen LogP contribution in [0.3, 0.4) is 0 Å². The lowest BCUT2D eigenvalue weighted by molar-refractivity contribution is -0.139. The highest BCUT2D eigenvalue weighted by molar-refractivity contribution is 6.02. The number of hydrogen-bond donors (Lipinski definition) is 2. The highest BCUT2D eigenvalue weighted by Crippen LogP contribution is 2.16. The van der Waals surface area contributed by atoms with Crippen molar-refractivity contribution >= 4 is 17.5 Å². The SMILES string of the molecule is C=CCCC(NC(=O)c1c(C)nn2c(C)cc(C)nc12)C(=O)O. The molecule has 2 rings (SSSR count). The van der Waals surface area contributed by atoms with E-state index in [1.165, 1.54) is 0 Å². The van der Waals surface area contributed by atoms with E-state index in [1.807, 2.05) is 19.9 Å². The van der Waals surface area contributed by atoms with Gasteiger partial charge in [-0.05, 0) is 39.7 Å². The summed E-state index contributed by atoms with van der Waals surface area (Å²) in [4.78, 5) is 28.2. The fourth-order valence-corrected chi connectivity index (χ4v) is 2.47. The zero-order valence-corrected chi connectivity index (χ0v) is 13.5. The molecule has 23 heavy (non-hydrogen) atoms. The number of allylic oxidation sites excluding steroid dienone is 1. The average Bonchev–Trinajstić information content (AvgIpc) is 2.79. The van der Waals surface area contributed by atoms with E-state index in [4.69, 9.17) is 0 Å². The number of carboxylic acids is 1. The summed E-state index contributed by atoms with van der Waals surface area (Å²) in [7, 11) is 0. The Kier molecular flexibility index (Phi) is 4.78. The fourth-order valence-electron chi connectivity index (χ4n) is 2.47. The Morgan fingerprint density at radius 1 is 1.43 bits per heavy atom. The van der Waals surface area contributed by atoms with Gasteiger partial charge in [0.25, 0.3) is 5.91 Å². The minimum Gasteiger partial charge on any atom is -0.480 e. The third-order valence-electron chi connectivity index (χ3n) is 3.56. The number of aromatic nitrogens is 3. The van der Waals surface area contributed by atoms with Gasteiger partial charge in [-0.15, -0.1) is 6.58 Å². The number of carbonyl (C=O) groups is 2. The Labute approximate surface area is 134 Å². The van der Waals surface area contributed by atoms with Gasteiger partial charge in [0.1, 0.15) is 11.6 Å². The van der Waals surface area contributed by atoms with Crippen molar-refractivity contribution in [3.63, 3.8) is 0 Å². The molecular weight excluding hydrogens is 296 g/mol. The van der Waals surface area contributed by atoms with Crippen molar-refractivity contribution in [1.29, 1.82) is 0 Å². The van der Waals surface area contributed by atoms with Crippen LogP contribution in [0.4, 0.5) is 0 Å². The molecule has 2 aromatic rings. The third kappa shape index (κ3) is 3.39. The van der Waals surface area contributed by atoms with E-state index in [-0.39, 0.29) is 6.42 Å². The van der Waals surface area contributed by atoms with Gasteiger partial charge in [-0.25, -0.2) is 14.3 Å². The lowest BCUT2D eigenvalue weighted by Gasteiger charge is -2.13. The van der Waals surface area contributed by atoms with Crippen molar-refractivity contribution < 1.29 is 14.7 Å². The molecule has 0 aliphatic rings. The van der Waals surface area contributed by atoms with Gasteiger partial charge in [0, 0.05) is 11.4 Å². The van der Waals surface area contributed by atoms with E-state index < -0.39 is 17.9 Å². The predicted molar refractivity (Wildman–Crippen MR) is 85.5 cm³/mol. The highest BCUT2D eigenvalue weighted by Gasteiger charge is 2.25. The molecule has 2 heterocycles. The standard InChI is InChI=1S/C16H20N4O3/c1-5-6-7-12(16(22)23)18-15(21)13-11(4)19-20-10(3)8-9(2)17-14(13)20/h5,8,12H,1,6-7H2,2-4H3,(H,18,21)(H,22,23). The van der Waals surface area contributed by atoms with Crippen LogP contribution in [0.1, 0.15) is 40.3 Å². The van der Waals surface area contributed by atoms with Crippen molar-refractivity contribution in [2.75, 3.05) is 0 Å². The summed E-state index contributed by atoms with van der Waals surface area (Å²) >= 11 is 0. The monoisotopic (exact) mass is 316 g/mol. The second kappa shape index (κ2) is 6.60. The number of aryl methyl sites for hydroxylation is 3. The van der Waals surface area contributed by atoms with Crippen LogP contribution in [0.5, 0.6) is 0 Å². The smallest absolute Gasteiger partial charge is 0.326 e. The van der Waals surface area contributed by atoms with E-state index in [0.717, 1.165) is 11.4 Å². The van der Waals surface area contributed by atoms with Crippen LogP contribution >= 0.6 is 0 Å². The molecule has 7 heteroatoms. The van der Waals surface area contributed by atoms with Crippen LogP contribution in [0.15, 0.2) is 18.7 Å². The fraction of sp³-hybridized carbons (Fsp3) is 0.375. The first kappa shape index (κ1) is 16.7. The summed E-state index contributed by atoms with van der Waals surface area (Å²) < 4.78 is 1.59. The first-order chi connectivity index (χ1) is 10.8. The van der Waals surface area contributed by atoms with Crippen LogP contribution < -0.4 is 5.32 Å². The van der Waals surface area contributed by atoms with Gasteiger partial charge >= 0.3 is 5.97 Å². The maximum atomic E-state index is 12.5. The quantitative estimate of drug-likeness (QED) is 0.792. The van der Waals surface area contributed by atoms with Crippen molar-refractivity contribution in [3.8, 4) is 0 Å². The molecule has 0 bridgehead atoms. The van der Waals surface area contributed by atoms with E-state index >= 15 is 0 Å². The lowest BCUT2D eigenvalue weighted by atomic mass is 10.1. The zero-order chi connectivity index (χ0) is 17.1. The molecule has 1 unspecified atom stereocenters. The number of fused-ring (bicyclic) bond motifs is 1. The molecule has 0 saturated heterocycles. The molecule has 0 radical (unpaired) electrons. The highest BCUT2D eigenvalue weighted by atomic mass is 16.4. The minimum atomic E-state index is -1.07. The Bertz CT molecular complexity index is 779. The number of amides is 1. The number of carboxylic acid groups (broad SMARTS) is 1. The van der Waals surface area contributed by atoms with E-state index in [0.29, 0.717) is 23.3 Å². The summed E-state index contributed by atoms with van der Waals surface area (Å²) in [5.41, 5.74) is 2.88. The molecule has 0 saturated carbocycles. The zero-order valence-electron chi connectivity index (χ0n) is 13.5. The number of aliphatic carboxylic acids is 1. The number of nitrogens with one attached hydrogen (secondary N) is 1. The van der Waals surface area contributed by atoms with Gasteiger partial charge in [0.05, 0.1) is 5.69 Å². The second-order valence-electron chi connectivity index (χ2n) is 5.47. The molecular formula is C16H20N4O3. The van der Waals surface area contributed by atoms with Crippen LogP contribution in [0.2, 0.25) is 0 Å². The molecule has 0 aliphatic heterocycles. The van der Waals surface area contributed by atoms with Crippen LogP contribution in [-0.4, -0.2) is 37.6 Å². The van der Waals surface area contributed by atoms with Gasteiger partial charge in [-0.3, -0.25) is 4.79 Å². The van der Waals surface area contributed by atoms with E-state index in [2.05, 4.69) is 22.0 Å². The molecule has 0 aromatic carbocycles. The summed E-state index contributed by atoms with van der Waals surface area (Å²) in [6, 6.07) is 0.895. The summed E-state index contributed by atoms with van der Waals surface area (Å²) in [6.45, 7) is 8.98. The maximum absolute atomic E-state index is 12.5. The summed E-state index contributed by atoms with van der Waals surface area (Å²) in [5, 5.41) is 16.1. The Hall–Kier alpha value is -2.70. The van der Waals surface area contributed by atoms with Gasteiger partial charge in [-0.1, -0.05) is 6.08 Å². The van der Waals surface area contributed by atoms with E-state index in [9.17, 15) is 14.7 Å². The number of rotatable bonds is 6. The van der Waals surface area contributed by atoms with Crippen molar-refractivity contribution in [2.24, 2.45) is 0 Å². The number of carbonyl (C=O) groups excluding carboxylic acids is 1. The average molecular weight is 316 g/mol. The number of nitrogens with zero attached hydrogens (tertiary/aromatic N) is 3. The lowest BCUT2D eigenvalue weighted by Crippen LogP contribution is -2.40. The third-order valence-corrected chi connectivity index (χ3v) is 3.56. The largest absolute Gasteiger partial charge is 0.480 e. The van der Waals surface area contributed by atoms with Crippen molar-refractivity contribution in [3.05, 3.63) is 41.4 Å². The molecule has 0 aliphatic carbocycles. The van der Waals surface area contributed by atoms with Crippen LogP contribution in [0, 0.1) is 20.8 Å². The topological polar surface area (TPSA) is 96.6 Å². The van der Waals surface area contributed by atoms with Gasteiger partial charge in [0.15, 0.2) is 5.65 Å². The Morgan fingerprint density at radius 2 is 2.13 bits per heavy atom. The van der Waals surface area contributed by atoms with E-state index in [1.54, 1.807) is 17.5 Å². The normalized spacial score (nSPS) is 12.1. The summed E-state index contributed by atoms with van der Waals surface area (Å²) in [5.74, 6) is -1.55. The Balaban J connectivity index is 2.39. The molecule has 122 valence electrons. The summed E-state index contributed by atoms with van der Waals surface area (Å²) in [6.07, 6.45) is 2.41. The molecule has 2 N–H and O–H groups in total. The molecule has 1 atom stereocenters. The van der Waals surface area contributed by atoms with Crippen LogP contribution in [0.25, 0.3) is 5.65 Å². The predicted octanol–water partition coefficient (Wildman–Crippen LogP) is 1.80. The van der Waals surface area contributed by atoms with Crippen molar-refractivity contribution in [1.82, 2.24) is 19.9 Å². The van der Waals surface area contributed by atoms with Gasteiger partial charge in [0.2, 0.25) is 0 Å². The van der Waals surface area contributed by atoms with Gasteiger partial charge in [-0.2, -0.15) is 5.10 Å². The second-order valence-corrected chi connectivity index (χ2v) is 5.47. The first-order valence-electron chi connectivity index (χ1n) is 7.33. The molecule has 2 aromatic heterocycles. The van der Waals surface area contributed by atoms with Crippen LogP contribution in [-0.2, 0) is 4.79 Å². The molecule has 0 spiro atoms. The first-order valence-corrected chi connectivity index (χ1v) is 7.33. The van der Waals surface area contributed by atoms with Crippen molar-refractivity contribution in [2.45, 2.75) is 39.7 Å². The molecule has 0 fully saturated rings. The van der Waals surface area contributed by atoms with Gasteiger partial charge < -0.3 is 10.4 Å². The molecule has 1 amide bonds. The molecule has 7 nitrogen and oxygen atoms in total. The maximum Gasteiger partial charge on any atom is 0.326 e. The minimum absolute atomic E-state index is 0.286. The Morgan fingerprint density at radius 3 is 2.74 bits per heavy atom.